The molecular weight excluding hydrogens is 278 g/mol. The highest BCUT2D eigenvalue weighted by Crippen LogP contribution is 2.22. The molecule has 1 amide bonds. The van der Waals surface area contributed by atoms with Crippen LogP contribution in [0.2, 0.25) is 0 Å². The number of benzene rings is 1. The summed E-state index contributed by atoms with van der Waals surface area (Å²) in [7, 11) is 1.70. The lowest BCUT2D eigenvalue weighted by Gasteiger charge is -2.29. The van der Waals surface area contributed by atoms with Gasteiger partial charge in [-0.05, 0) is 25.9 Å². The number of hydrogen-bond acceptors (Lipinski definition) is 4. The zero-order valence-electron chi connectivity index (χ0n) is 12.8. The zero-order chi connectivity index (χ0) is 15.4. The third-order valence-electron chi connectivity index (χ3n) is 4.18. The summed E-state index contributed by atoms with van der Waals surface area (Å²) < 4.78 is 5.84. The van der Waals surface area contributed by atoms with E-state index < -0.39 is 0 Å². The molecule has 1 fully saturated rings. The van der Waals surface area contributed by atoms with Gasteiger partial charge >= 0.3 is 0 Å². The highest BCUT2D eigenvalue weighted by Gasteiger charge is 2.24. The number of nitrogens with one attached hydrogen (secondary N) is 1. The fourth-order valence-corrected chi connectivity index (χ4v) is 2.87. The lowest BCUT2D eigenvalue weighted by molar-refractivity contribution is -0.125. The number of carbonyl (C=O) groups excluding carboxylic acids is 1. The molecule has 3 rings (SSSR count). The Bertz CT molecular complexity index is 616. The van der Waals surface area contributed by atoms with Crippen LogP contribution in [0.15, 0.2) is 40.9 Å². The molecule has 2 aromatic rings. The van der Waals surface area contributed by atoms with E-state index >= 15 is 0 Å². The van der Waals surface area contributed by atoms with Gasteiger partial charge in [0.25, 0.3) is 0 Å². The third-order valence-corrected chi connectivity index (χ3v) is 4.18. The van der Waals surface area contributed by atoms with E-state index in [1.165, 1.54) is 0 Å². The third kappa shape index (κ3) is 3.36. The van der Waals surface area contributed by atoms with Crippen LogP contribution in [-0.4, -0.2) is 35.9 Å². The number of aromatic nitrogens is 1. The van der Waals surface area contributed by atoms with Crippen LogP contribution in [-0.2, 0) is 11.3 Å². The average molecular weight is 299 g/mol. The Morgan fingerprint density at radius 1 is 1.32 bits per heavy atom. The van der Waals surface area contributed by atoms with Crippen molar-refractivity contribution in [3.8, 4) is 11.3 Å². The molecule has 1 aromatic carbocycles. The van der Waals surface area contributed by atoms with Gasteiger partial charge in [-0.2, -0.15) is 0 Å². The molecule has 0 bridgehead atoms. The van der Waals surface area contributed by atoms with Crippen molar-refractivity contribution in [2.24, 2.45) is 5.92 Å². The van der Waals surface area contributed by atoms with E-state index in [9.17, 15) is 4.79 Å². The standard InChI is InChI=1S/C17H21N3O2/c1-18-17(21)14-7-9-20(10-8-14)12-16-19-11-15(22-16)13-5-3-2-4-6-13/h2-6,11,14H,7-10,12H2,1H3,(H,18,21). The van der Waals surface area contributed by atoms with Crippen molar-refractivity contribution in [2.75, 3.05) is 20.1 Å². The normalized spacial score (nSPS) is 16.6. The topological polar surface area (TPSA) is 58.4 Å². The van der Waals surface area contributed by atoms with Gasteiger partial charge in [-0.15, -0.1) is 0 Å². The molecule has 0 aliphatic carbocycles. The molecule has 0 saturated carbocycles. The minimum absolute atomic E-state index is 0.144. The number of piperidine rings is 1. The van der Waals surface area contributed by atoms with Crippen LogP contribution in [0, 0.1) is 5.92 Å². The van der Waals surface area contributed by atoms with E-state index in [4.69, 9.17) is 4.42 Å². The second-order valence-corrected chi connectivity index (χ2v) is 5.65. The monoisotopic (exact) mass is 299 g/mol. The lowest BCUT2D eigenvalue weighted by atomic mass is 9.96. The van der Waals surface area contributed by atoms with Gasteiger partial charge in [0.15, 0.2) is 5.76 Å². The SMILES string of the molecule is CNC(=O)C1CCN(Cc2ncc(-c3ccccc3)o2)CC1. The molecule has 116 valence electrons. The van der Waals surface area contributed by atoms with Gasteiger partial charge < -0.3 is 9.73 Å². The van der Waals surface area contributed by atoms with E-state index in [1.807, 2.05) is 30.3 Å². The predicted octanol–water partition coefficient (Wildman–Crippen LogP) is 2.30. The smallest absolute Gasteiger partial charge is 0.222 e. The Hall–Kier alpha value is -2.14. The van der Waals surface area contributed by atoms with Crippen molar-refractivity contribution in [2.45, 2.75) is 19.4 Å². The van der Waals surface area contributed by atoms with Gasteiger partial charge in [0.2, 0.25) is 11.8 Å². The van der Waals surface area contributed by atoms with Crippen molar-refractivity contribution in [1.82, 2.24) is 15.2 Å². The summed E-state index contributed by atoms with van der Waals surface area (Å²) in [6.07, 6.45) is 3.57. The van der Waals surface area contributed by atoms with Crippen LogP contribution >= 0.6 is 0 Å². The maximum atomic E-state index is 11.6. The Kier molecular flexibility index (Phi) is 4.53. The number of oxazole rings is 1. The molecule has 5 heteroatoms. The first-order chi connectivity index (χ1) is 10.8. The van der Waals surface area contributed by atoms with E-state index in [2.05, 4.69) is 15.2 Å². The van der Waals surface area contributed by atoms with Gasteiger partial charge in [0, 0.05) is 18.5 Å². The lowest BCUT2D eigenvalue weighted by Crippen LogP contribution is -2.39. The van der Waals surface area contributed by atoms with Crippen LogP contribution in [0.4, 0.5) is 0 Å². The Balaban J connectivity index is 1.57. The average Bonchev–Trinajstić information content (AvgIpc) is 3.04. The van der Waals surface area contributed by atoms with E-state index in [0.717, 1.165) is 43.1 Å². The quantitative estimate of drug-likeness (QED) is 0.941. The summed E-state index contributed by atoms with van der Waals surface area (Å²) in [4.78, 5) is 18.3. The Morgan fingerprint density at radius 3 is 2.73 bits per heavy atom. The number of rotatable bonds is 4. The number of amides is 1. The molecule has 5 nitrogen and oxygen atoms in total. The molecule has 22 heavy (non-hydrogen) atoms. The Morgan fingerprint density at radius 2 is 2.05 bits per heavy atom. The molecule has 2 heterocycles. The van der Waals surface area contributed by atoms with Crippen LogP contribution in [0.5, 0.6) is 0 Å². The molecule has 1 aliphatic rings. The van der Waals surface area contributed by atoms with E-state index in [-0.39, 0.29) is 11.8 Å². The first-order valence-electron chi connectivity index (χ1n) is 7.70. The molecular formula is C17H21N3O2. The molecule has 0 unspecified atom stereocenters. The van der Waals surface area contributed by atoms with Crippen molar-refractivity contribution in [3.05, 3.63) is 42.4 Å². The van der Waals surface area contributed by atoms with Crippen molar-refractivity contribution >= 4 is 5.91 Å². The van der Waals surface area contributed by atoms with Gasteiger partial charge in [-0.1, -0.05) is 30.3 Å². The predicted molar refractivity (Wildman–Crippen MR) is 84.0 cm³/mol. The first-order valence-corrected chi connectivity index (χ1v) is 7.70. The molecule has 1 saturated heterocycles. The number of hydrogen-bond donors (Lipinski definition) is 1. The number of carbonyl (C=O) groups is 1. The number of likely N-dealkylation sites (tertiary alicyclic amines) is 1. The fourth-order valence-electron chi connectivity index (χ4n) is 2.87. The van der Waals surface area contributed by atoms with Crippen LogP contribution in [0.1, 0.15) is 18.7 Å². The van der Waals surface area contributed by atoms with Crippen molar-refractivity contribution in [3.63, 3.8) is 0 Å². The molecule has 1 aromatic heterocycles. The maximum Gasteiger partial charge on any atom is 0.222 e. The molecule has 0 radical (unpaired) electrons. The largest absolute Gasteiger partial charge is 0.439 e. The summed E-state index contributed by atoms with van der Waals surface area (Å²) >= 11 is 0. The number of nitrogens with zero attached hydrogens (tertiary/aromatic N) is 2. The molecule has 1 aliphatic heterocycles. The zero-order valence-corrected chi connectivity index (χ0v) is 12.8. The summed E-state index contributed by atoms with van der Waals surface area (Å²) in [5.41, 5.74) is 1.04. The molecule has 0 spiro atoms. The van der Waals surface area contributed by atoms with E-state index in [1.54, 1.807) is 13.2 Å². The summed E-state index contributed by atoms with van der Waals surface area (Å²) in [6, 6.07) is 9.98. The minimum atomic E-state index is 0.144. The molecule has 1 N–H and O–H groups in total. The van der Waals surface area contributed by atoms with Crippen LogP contribution < -0.4 is 5.32 Å². The van der Waals surface area contributed by atoms with Crippen molar-refractivity contribution in [1.29, 1.82) is 0 Å². The van der Waals surface area contributed by atoms with Gasteiger partial charge in [-0.3, -0.25) is 9.69 Å². The summed E-state index contributed by atoms with van der Waals surface area (Å²) in [6.45, 7) is 2.51. The van der Waals surface area contributed by atoms with Gasteiger partial charge in [-0.25, -0.2) is 4.98 Å². The second-order valence-electron chi connectivity index (χ2n) is 5.65. The summed E-state index contributed by atoms with van der Waals surface area (Å²) in [5.74, 6) is 1.83. The van der Waals surface area contributed by atoms with Gasteiger partial charge in [0.1, 0.15) is 0 Å². The molecule has 0 atom stereocenters. The highest BCUT2D eigenvalue weighted by molar-refractivity contribution is 5.78. The van der Waals surface area contributed by atoms with Crippen molar-refractivity contribution < 1.29 is 9.21 Å². The summed E-state index contributed by atoms with van der Waals surface area (Å²) in [5, 5.41) is 2.73. The Labute approximate surface area is 130 Å². The highest BCUT2D eigenvalue weighted by atomic mass is 16.4. The van der Waals surface area contributed by atoms with Crippen LogP contribution in [0.3, 0.4) is 0 Å². The fraction of sp³-hybridized carbons (Fsp3) is 0.412. The van der Waals surface area contributed by atoms with E-state index in [0.29, 0.717) is 6.54 Å². The maximum absolute atomic E-state index is 11.6. The second kappa shape index (κ2) is 6.75. The van der Waals surface area contributed by atoms with Gasteiger partial charge in [0.05, 0.1) is 12.7 Å². The first kappa shape index (κ1) is 14.8. The van der Waals surface area contributed by atoms with Crippen LogP contribution in [0.25, 0.3) is 11.3 Å². The minimum Gasteiger partial charge on any atom is -0.439 e.